The van der Waals surface area contributed by atoms with Gasteiger partial charge in [-0.3, -0.25) is 4.90 Å². The summed E-state index contributed by atoms with van der Waals surface area (Å²) in [7, 11) is 0. The molecule has 0 radical (unpaired) electrons. The van der Waals surface area contributed by atoms with E-state index in [-0.39, 0.29) is 0 Å². The number of nitrogens with zero attached hydrogens (tertiary/aromatic N) is 1. The highest BCUT2D eigenvalue weighted by Gasteiger charge is 2.40. The van der Waals surface area contributed by atoms with E-state index in [1.165, 1.54) is 58.3 Å². The van der Waals surface area contributed by atoms with Gasteiger partial charge in [-0.15, -0.1) is 0 Å². The zero-order valence-electron chi connectivity index (χ0n) is 10.4. The summed E-state index contributed by atoms with van der Waals surface area (Å²) >= 11 is 0. The Kier molecular flexibility index (Phi) is 3.68. The fraction of sp³-hybridized carbons (Fsp3) is 1.00. The Morgan fingerprint density at radius 1 is 1.27 bits per heavy atom. The molecule has 2 fully saturated rings. The highest BCUT2D eigenvalue weighted by atomic mass is 15.3. The number of piperazine rings is 1. The molecule has 0 aromatic rings. The van der Waals surface area contributed by atoms with E-state index in [4.69, 9.17) is 0 Å². The van der Waals surface area contributed by atoms with Crippen LogP contribution in [0.25, 0.3) is 0 Å². The Balaban J connectivity index is 1.93. The van der Waals surface area contributed by atoms with Crippen molar-refractivity contribution < 1.29 is 0 Å². The second-order valence-corrected chi connectivity index (χ2v) is 5.78. The summed E-state index contributed by atoms with van der Waals surface area (Å²) in [5.41, 5.74) is 0.549. The summed E-state index contributed by atoms with van der Waals surface area (Å²) in [6.07, 6.45) is 7.11. The van der Waals surface area contributed by atoms with Crippen molar-refractivity contribution in [1.29, 1.82) is 0 Å². The molecule has 2 heteroatoms. The summed E-state index contributed by atoms with van der Waals surface area (Å²) in [5, 5.41) is 3.59. The van der Waals surface area contributed by atoms with E-state index in [1.807, 2.05) is 0 Å². The van der Waals surface area contributed by atoms with E-state index >= 15 is 0 Å². The van der Waals surface area contributed by atoms with Gasteiger partial charge in [0.1, 0.15) is 0 Å². The van der Waals surface area contributed by atoms with Crippen molar-refractivity contribution in [2.24, 2.45) is 5.92 Å². The lowest BCUT2D eigenvalue weighted by Crippen LogP contribution is -2.60. The first kappa shape index (κ1) is 11.4. The Bertz CT molecular complexity index is 195. The van der Waals surface area contributed by atoms with Gasteiger partial charge >= 0.3 is 0 Å². The third-order valence-electron chi connectivity index (χ3n) is 4.19. The van der Waals surface area contributed by atoms with Crippen LogP contribution < -0.4 is 5.32 Å². The summed E-state index contributed by atoms with van der Waals surface area (Å²) in [6, 6.07) is 0. The second-order valence-electron chi connectivity index (χ2n) is 5.78. The Morgan fingerprint density at radius 3 is 2.67 bits per heavy atom. The van der Waals surface area contributed by atoms with Crippen LogP contribution in [0.1, 0.15) is 46.0 Å². The predicted molar refractivity (Wildman–Crippen MR) is 65.1 cm³/mol. The lowest BCUT2D eigenvalue weighted by Gasteiger charge is -2.45. The molecule has 0 aromatic heterocycles. The standard InChI is InChI=1S/C13H26N2/c1-12(2)5-9-15-10-8-14-11-13(15)6-3-4-7-13/h12,14H,3-11H2,1-2H3. The van der Waals surface area contributed by atoms with Crippen molar-refractivity contribution in [2.45, 2.75) is 51.5 Å². The van der Waals surface area contributed by atoms with E-state index in [0.29, 0.717) is 5.54 Å². The van der Waals surface area contributed by atoms with Crippen LogP contribution in [-0.2, 0) is 0 Å². The molecule has 0 aromatic carbocycles. The molecule has 1 saturated heterocycles. The van der Waals surface area contributed by atoms with E-state index in [0.717, 1.165) is 5.92 Å². The minimum absolute atomic E-state index is 0.549. The molecule has 0 bridgehead atoms. The number of nitrogens with one attached hydrogen (secondary N) is 1. The van der Waals surface area contributed by atoms with Gasteiger partial charge in [-0.2, -0.15) is 0 Å². The average molecular weight is 210 g/mol. The summed E-state index contributed by atoms with van der Waals surface area (Å²) in [4.78, 5) is 2.79. The summed E-state index contributed by atoms with van der Waals surface area (Å²) in [6.45, 7) is 9.70. The van der Waals surface area contributed by atoms with Crippen LogP contribution in [0.15, 0.2) is 0 Å². The quantitative estimate of drug-likeness (QED) is 0.768. The first-order chi connectivity index (χ1) is 7.23. The third-order valence-corrected chi connectivity index (χ3v) is 4.19. The molecular formula is C13H26N2. The Hall–Kier alpha value is -0.0800. The van der Waals surface area contributed by atoms with Gasteiger partial charge in [0.15, 0.2) is 0 Å². The maximum Gasteiger partial charge on any atom is 0.0334 e. The molecule has 1 spiro atoms. The minimum atomic E-state index is 0.549. The first-order valence-electron chi connectivity index (χ1n) is 6.69. The maximum atomic E-state index is 3.59. The highest BCUT2D eigenvalue weighted by molar-refractivity contribution is 4.99. The van der Waals surface area contributed by atoms with Crippen LogP contribution in [0.3, 0.4) is 0 Å². The normalized spacial score (nSPS) is 26.6. The summed E-state index contributed by atoms with van der Waals surface area (Å²) < 4.78 is 0. The van der Waals surface area contributed by atoms with E-state index in [1.54, 1.807) is 0 Å². The minimum Gasteiger partial charge on any atom is -0.314 e. The van der Waals surface area contributed by atoms with Crippen LogP contribution in [0.5, 0.6) is 0 Å². The average Bonchev–Trinajstić information content (AvgIpc) is 2.66. The van der Waals surface area contributed by atoms with Gasteiger partial charge in [0, 0.05) is 25.2 Å². The molecule has 0 atom stereocenters. The molecule has 1 saturated carbocycles. The Morgan fingerprint density at radius 2 is 2.00 bits per heavy atom. The monoisotopic (exact) mass is 210 g/mol. The molecular weight excluding hydrogens is 184 g/mol. The van der Waals surface area contributed by atoms with Gasteiger partial charge in [-0.05, 0) is 31.7 Å². The van der Waals surface area contributed by atoms with Crippen molar-refractivity contribution in [3.05, 3.63) is 0 Å². The van der Waals surface area contributed by atoms with Crippen molar-refractivity contribution in [1.82, 2.24) is 10.2 Å². The van der Waals surface area contributed by atoms with Crippen molar-refractivity contribution in [2.75, 3.05) is 26.2 Å². The van der Waals surface area contributed by atoms with Gasteiger partial charge in [0.2, 0.25) is 0 Å². The molecule has 2 nitrogen and oxygen atoms in total. The summed E-state index contributed by atoms with van der Waals surface area (Å²) in [5.74, 6) is 0.846. The second kappa shape index (κ2) is 4.84. The van der Waals surface area contributed by atoms with Gasteiger partial charge in [-0.1, -0.05) is 26.7 Å². The first-order valence-corrected chi connectivity index (χ1v) is 6.69. The van der Waals surface area contributed by atoms with Crippen molar-refractivity contribution in [3.63, 3.8) is 0 Å². The molecule has 1 aliphatic carbocycles. The van der Waals surface area contributed by atoms with Crippen molar-refractivity contribution >= 4 is 0 Å². The van der Waals surface area contributed by atoms with Crippen LogP contribution in [0, 0.1) is 5.92 Å². The zero-order chi connectivity index (χ0) is 10.7. The third kappa shape index (κ3) is 2.54. The zero-order valence-corrected chi connectivity index (χ0v) is 10.4. The van der Waals surface area contributed by atoms with E-state index in [2.05, 4.69) is 24.1 Å². The molecule has 15 heavy (non-hydrogen) atoms. The maximum absolute atomic E-state index is 3.59. The molecule has 1 N–H and O–H groups in total. The topological polar surface area (TPSA) is 15.3 Å². The van der Waals surface area contributed by atoms with Gasteiger partial charge in [0.05, 0.1) is 0 Å². The molecule has 2 rings (SSSR count). The predicted octanol–water partition coefficient (Wildman–Crippen LogP) is 2.25. The molecule has 1 aliphatic heterocycles. The van der Waals surface area contributed by atoms with Gasteiger partial charge in [0.25, 0.3) is 0 Å². The number of hydrogen-bond acceptors (Lipinski definition) is 2. The van der Waals surface area contributed by atoms with Gasteiger partial charge < -0.3 is 5.32 Å². The number of rotatable bonds is 3. The van der Waals surface area contributed by atoms with Crippen LogP contribution >= 0.6 is 0 Å². The van der Waals surface area contributed by atoms with E-state index in [9.17, 15) is 0 Å². The fourth-order valence-electron chi connectivity index (χ4n) is 3.17. The largest absolute Gasteiger partial charge is 0.314 e. The van der Waals surface area contributed by atoms with Gasteiger partial charge in [-0.25, -0.2) is 0 Å². The lowest BCUT2D eigenvalue weighted by atomic mass is 9.92. The van der Waals surface area contributed by atoms with Crippen LogP contribution in [-0.4, -0.2) is 36.6 Å². The molecule has 0 unspecified atom stereocenters. The molecule has 88 valence electrons. The highest BCUT2D eigenvalue weighted by Crippen LogP contribution is 2.36. The molecule has 1 heterocycles. The Labute approximate surface area is 94.4 Å². The molecule has 2 aliphatic rings. The lowest BCUT2D eigenvalue weighted by molar-refractivity contribution is 0.0605. The number of hydrogen-bond donors (Lipinski definition) is 1. The molecule has 0 amide bonds. The fourth-order valence-corrected chi connectivity index (χ4v) is 3.17. The van der Waals surface area contributed by atoms with Crippen molar-refractivity contribution in [3.8, 4) is 0 Å². The van der Waals surface area contributed by atoms with Crippen LogP contribution in [0.2, 0.25) is 0 Å². The SMILES string of the molecule is CC(C)CCN1CCNCC12CCCC2. The smallest absolute Gasteiger partial charge is 0.0334 e. The van der Waals surface area contributed by atoms with E-state index < -0.39 is 0 Å². The van der Waals surface area contributed by atoms with Crippen LogP contribution in [0.4, 0.5) is 0 Å².